The Kier molecular flexibility index (Phi) is 4.15. The van der Waals surface area contributed by atoms with Crippen LogP contribution in [-0.2, 0) is 11.2 Å². The van der Waals surface area contributed by atoms with Gasteiger partial charge >= 0.3 is 0 Å². The Morgan fingerprint density at radius 3 is 3.12 bits per heavy atom. The molecule has 0 aliphatic carbocycles. The van der Waals surface area contributed by atoms with Crippen molar-refractivity contribution in [1.82, 2.24) is 10.2 Å². The van der Waals surface area contributed by atoms with Crippen LogP contribution in [-0.4, -0.2) is 48.2 Å². The molecule has 0 aromatic carbocycles. The third-order valence-electron chi connectivity index (χ3n) is 3.06. The third kappa shape index (κ3) is 3.28. The van der Waals surface area contributed by atoms with Crippen LogP contribution in [0, 0.1) is 0 Å². The Bertz CT molecular complexity index is 367. The van der Waals surface area contributed by atoms with Crippen molar-refractivity contribution in [3.63, 3.8) is 0 Å². The highest BCUT2D eigenvalue weighted by molar-refractivity contribution is 7.09. The molecule has 94 valence electrons. The molecule has 0 unspecified atom stereocenters. The molecule has 1 aromatic rings. The minimum atomic E-state index is -0.380. The number of nitrogens with one attached hydrogen (secondary N) is 1. The van der Waals surface area contributed by atoms with E-state index >= 15 is 0 Å². The van der Waals surface area contributed by atoms with Gasteiger partial charge in [-0.25, -0.2) is 0 Å². The summed E-state index contributed by atoms with van der Waals surface area (Å²) in [6.45, 7) is 1.25. The molecule has 2 rings (SSSR count). The molecule has 0 radical (unpaired) electrons. The highest BCUT2D eigenvalue weighted by Crippen LogP contribution is 2.12. The molecular formula is C12H18N2O2S. The summed E-state index contributed by atoms with van der Waals surface area (Å²) in [7, 11) is 1.82. The van der Waals surface area contributed by atoms with Crippen LogP contribution in [0.3, 0.4) is 0 Å². The quantitative estimate of drug-likeness (QED) is 0.821. The maximum Gasteiger partial charge on any atom is 0.239 e. The van der Waals surface area contributed by atoms with Gasteiger partial charge in [0.05, 0.1) is 12.1 Å². The van der Waals surface area contributed by atoms with Crippen LogP contribution in [0.15, 0.2) is 17.5 Å². The molecule has 4 nitrogen and oxygen atoms in total. The third-order valence-corrected chi connectivity index (χ3v) is 3.99. The zero-order valence-electron chi connectivity index (χ0n) is 9.93. The van der Waals surface area contributed by atoms with Gasteiger partial charge in [0.25, 0.3) is 0 Å². The minimum Gasteiger partial charge on any atom is -0.392 e. The molecule has 1 aliphatic rings. The van der Waals surface area contributed by atoms with Gasteiger partial charge < -0.3 is 15.3 Å². The molecule has 0 bridgehead atoms. The molecule has 1 fully saturated rings. The predicted molar refractivity (Wildman–Crippen MR) is 68.1 cm³/mol. The first-order valence-electron chi connectivity index (χ1n) is 5.85. The van der Waals surface area contributed by atoms with Crippen molar-refractivity contribution in [1.29, 1.82) is 0 Å². The van der Waals surface area contributed by atoms with E-state index in [0.717, 1.165) is 13.0 Å². The fourth-order valence-corrected chi connectivity index (χ4v) is 2.71. The normalized spacial score (nSPS) is 23.9. The van der Waals surface area contributed by atoms with E-state index in [2.05, 4.69) is 11.4 Å². The Morgan fingerprint density at radius 2 is 2.53 bits per heavy atom. The summed E-state index contributed by atoms with van der Waals surface area (Å²) in [4.78, 5) is 15.0. The van der Waals surface area contributed by atoms with Gasteiger partial charge in [-0.1, -0.05) is 6.07 Å². The topological polar surface area (TPSA) is 52.6 Å². The van der Waals surface area contributed by atoms with Gasteiger partial charge in [-0.2, -0.15) is 0 Å². The largest absolute Gasteiger partial charge is 0.392 e. The summed E-state index contributed by atoms with van der Waals surface area (Å²) in [6, 6.07) is 3.90. The molecule has 2 N–H and O–H groups in total. The van der Waals surface area contributed by atoms with Crippen molar-refractivity contribution in [2.45, 2.75) is 25.0 Å². The number of hydrogen-bond acceptors (Lipinski definition) is 4. The summed E-state index contributed by atoms with van der Waals surface area (Å²) in [5, 5.41) is 14.5. The standard InChI is InChI=1S/C12H18N2O2S/c1-14(5-4-10-3-2-6-17-10)12(16)11-7-9(15)8-13-11/h2-3,6,9,11,13,15H,4-5,7-8H2,1H3/t9-,11-/m0/s1. The first-order valence-corrected chi connectivity index (χ1v) is 6.73. The van der Waals surface area contributed by atoms with Gasteiger partial charge in [-0.3, -0.25) is 4.79 Å². The lowest BCUT2D eigenvalue weighted by Crippen LogP contribution is -2.42. The molecule has 0 saturated carbocycles. The van der Waals surface area contributed by atoms with Crippen LogP contribution >= 0.6 is 11.3 Å². The number of amides is 1. The molecule has 1 aliphatic heterocycles. The van der Waals surface area contributed by atoms with Crippen molar-refractivity contribution in [3.05, 3.63) is 22.4 Å². The van der Waals surface area contributed by atoms with Crippen molar-refractivity contribution in [3.8, 4) is 0 Å². The van der Waals surface area contributed by atoms with E-state index in [1.165, 1.54) is 4.88 Å². The summed E-state index contributed by atoms with van der Waals surface area (Å²) in [5.74, 6) is 0.0816. The van der Waals surface area contributed by atoms with Crippen molar-refractivity contribution >= 4 is 17.2 Å². The zero-order chi connectivity index (χ0) is 12.3. The molecule has 17 heavy (non-hydrogen) atoms. The van der Waals surface area contributed by atoms with Crippen LogP contribution in [0.2, 0.25) is 0 Å². The van der Waals surface area contributed by atoms with Gasteiger partial charge in [0.2, 0.25) is 5.91 Å². The van der Waals surface area contributed by atoms with Crippen molar-refractivity contribution < 1.29 is 9.90 Å². The number of aliphatic hydroxyl groups excluding tert-OH is 1. The number of nitrogens with zero attached hydrogens (tertiary/aromatic N) is 1. The van der Waals surface area contributed by atoms with Crippen LogP contribution in [0.4, 0.5) is 0 Å². The average molecular weight is 254 g/mol. The summed E-state index contributed by atoms with van der Waals surface area (Å²) >= 11 is 1.72. The van der Waals surface area contributed by atoms with E-state index < -0.39 is 0 Å². The summed E-state index contributed by atoms with van der Waals surface area (Å²) in [6.07, 6.45) is 1.05. The van der Waals surface area contributed by atoms with Gasteiger partial charge in [0.1, 0.15) is 0 Å². The minimum absolute atomic E-state index is 0.0816. The second kappa shape index (κ2) is 5.62. The number of hydrogen-bond donors (Lipinski definition) is 2. The fraction of sp³-hybridized carbons (Fsp3) is 0.583. The molecule has 2 atom stereocenters. The number of carbonyl (C=O) groups excluding carboxylic acids is 1. The van der Waals surface area contributed by atoms with Gasteiger partial charge in [-0.15, -0.1) is 11.3 Å². The summed E-state index contributed by atoms with van der Waals surface area (Å²) < 4.78 is 0. The molecular weight excluding hydrogens is 236 g/mol. The Hall–Kier alpha value is -0.910. The zero-order valence-corrected chi connectivity index (χ0v) is 10.7. The van der Waals surface area contributed by atoms with Crippen LogP contribution in [0.1, 0.15) is 11.3 Å². The maximum absolute atomic E-state index is 12.0. The number of carbonyl (C=O) groups is 1. The first kappa shape index (κ1) is 12.5. The molecule has 0 spiro atoms. The fourth-order valence-electron chi connectivity index (χ4n) is 2.01. The molecule has 1 saturated heterocycles. The van der Waals surface area contributed by atoms with E-state index in [4.69, 9.17) is 0 Å². The number of rotatable bonds is 4. The smallest absolute Gasteiger partial charge is 0.239 e. The number of thiophene rings is 1. The Balaban J connectivity index is 1.79. The Morgan fingerprint density at radius 1 is 1.71 bits per heavy atom. The van der Waals surface area contributed by atoms with Crippen molar-refractivity contribution in [2.75, 3.05) is 20.1 Å². The van der Waals surface area contributed by atoms with E-state index in [-0.39, 0.29) is 18.1 Å². The SMILES string of the molecule is CN(CCc1cccs1)C(=O)[C@@H]1C[C@H](O)CN1. The number of likely N-dealkylation sites (N-methyl/N-ethyl adjacent to an activating group) is 1. The molecule has 5 heteroatoms. The number of β-amino-alcohol motifs (C(OH)–C–C–N with tert-alkyl or cyclic N) is 1. The highest BCUT2D eigenvalue weighted by Gasteiger charge is 2.29. The van der Waals surface area contributed by atoms with Gasteiger partial charge in [0.15, 0.2) is 0 Å². The van der Waals surface area contributed by atoms with E-state index in [1.807, 2.05) is 18.5 Å². The van der Waals surface area contributed by atoms with Gasteiger partial charge in [0, 0.05) is 25.0 Å². The lowest BCUT2D eigenvalue weighted by Gasteiger charge is -2.20. The van der Waals surface area contributed by atoms with Crippen LogP contribution < -0.4 is 5.32 Å². The van der Waals surface area contributed by atoms with Crippen molar-refractivity contribution in [2.24, 2.45) is 0 Å². The van der Waals surface area contributed by atoms with E-state index in [1.54, 1.807) is 16.2 Å². The predicted octanol–water partition coefficient (Wildman–Crippen LogP) is 0.472. The molecule has 1 amide bonds. The van der Waals surface area contributed by atoms with E-state index in [9.17, 15) is 9.90 Å². The summed E-state index contributed by atoms with van der Waals surface area (Å²) in [5.41, 5.74) is 0. The van der Waals surface area contributed by atoms with Crippen LogP contribution in [0.5, 0.6) is 0 Å². The second-order valence-corrected chi connectivity index (χ2v) is 5.47. The Labute approximate surface area is 105 Å². The average Bonchev–Trinajstić information content (AvgIpc) is 2.95. The molecule has 1 aromatic heterocycles. The van der Waals surface area contributed by atoms with E-state index in [0.29, 0.717) is 13.0 Å². The highest BCUT2D eigenvalue weighted by atomic mass is 32.1. The lowest BCUT2D eigenvalue weighted by molar-refractivity contribution is -0.131. The first-order chi connectivity index (χ1) is 8.16. The van der Waals surface area contributed by atoms with Gasteiger partial charge in [-0.05, 0) is 24.3 Å². The lowest BCUT2D eigenvalue weighted by atomic mass is 10.2. The monoisotopic (exact) mass is 254 g/mol. The molecule has 2 heterocycles. The number of aliphatic hydroxyl groups is 1. The maximum atomic E-state index is 12.0. The second-order valence-electron chi connectivity index (χ2n) is 4.44. The van der Waals surface area contributed by atoms with Crippen LogP contribution in [0.25, 0.3) is 0 Å².